The summed E-state index contributed by atoms with van der Waals surface area (Å²) in [7, 11) is 0. The summed E-state index contributed by atoms with van der Waals surface area (Å²) < 4.78 is 37.5. The van der Waals surface area contributed by atoms with Crippen LogP contribution in [0.4, 0.5) is 18.9 Å². The van der Waals surface area contributed by atoms with Gasteiger partial charge in [-0.1, -0.05) is 11.8 Å². The van der Waals surface area contributed by atoms with Crippen molar-refractivity contribution in [2.45, 2.75) is 12.2 Å². The Balaban J connectivity index is 1.78. The molecule has 2 aliphatic heterocycles. The maximum atomic E-state index is 12.5. The number of rotatable bonds is 2. The van der Waals surface area contributed by atoms with Gasteiger partial charge in [0.05, 0.1) is 5.56 Å². The highest BCUT2D eigenvalue weighted by Gasteiger charge is 2.40. The van der Waals surface area contributed by atoms with E-state index in [4.69, 9.17) is 0 Å². The quantitative estimate of drug-likeness (QED) is 0.843. The third kappa shape index (κ3) is 2.68. The topological polar surface area (TPSA) is 61.8 Å². The van der Waals surface area contributed by atoms with Crippen LogP contribution in [0.3, 0.4) is 0 Å². The summed E-state index contributed by atoms with van der Waals surface area (Å²) in [6, 6.07) is 2.95. The van der Waals surface area contributed by atoms with Crippen molar-refractivity contribution < 1.29 is 22.8 Å². The number of amides is 2. The van der Waals surface area contributed by atoms with E-state index in [0.29, 0.717) is 17.5 Å². The molecule has 9 heteroatoms. The molecule has 1 fully saturated rings. The first-order chi connectivity index (χ1) is 10.4. The van der Waals surface area contributed by atoms with Crippen LogP contribution in [0.2, 0.25) is 0 Å². The summed E-state index contributed by atoms with van der Waals surface area (Å²) in [6.07, 6.45) is -4.43. The average molecular weight is 329 g/mol. The fourth-order valence-corrected chi connectivity index (χ4v) is 3.11. The van der Waals surface area contributed by atoms with Crippen molar-refractivity contribution in [1.29, 1.82) is 0 Å². The van der Waals surface area contributed by atoms with E-state index in [0.717, 1.165) is 12.1 Å². The van der Waals surface area contributed by atoms with Crippen LogP contribution >= 0.6 is 11.8 Å². The van der Waals surface area contributed by atoms with Crippen molar-refractivity contribution in [2.75, 3.05) is 17.6 Å². The predicted molar refractivity (Wildman–Crippen MR) is 75.5 cm³/mol. The van der Waals surface area contributed by atoms with E-state index in [1.54, 1.807) is 0 Å². The van der Waals surface area contributed by atoms with Gasteiger partial charge in [0.15, 0.2) is 11.2 Å². The van der Waals surface area contributed by atoms with E-state index in [1.807, 2.05) is 0 Å². The van der Waals surface area contributed by atoms with E-state index < -0.39 is 29.6 Å². The number of carbonyl (C=O) groups excluding carboxylic acids is 2. The SMILES string of the molecule is O=C1N=C2SCCN2C(=O)C1Nc1ccc(C(F)(F)F)cc1. The number of alkyl halides is 3. The monoisotopic (exact) mass is 329 g/mol. The zero-order valence-corrected chi connectivity index (χ0v) is 11.9. The standard InChI is InChI=1S/C13H10F3N3O2S/c14-13(15,16)7-1-3-8(4-2-7)17-9-10(20)18-12-19(11(9)21)5-6-22-12/h1-4,9,17H,5-6H2. The second-order valence-electron chi connectivity index (χ2n) is 4.72. The Morgan fingerprint density at radius 2 is 1.91 bits per heavy atom. The third-order valence-electron chi connectivity index (χ3n) is 3.27. The Bertz CT molecular complexity index is 657. The van der Waals surface area contributed by atoms with Gasteiger partial charge in [-0.05, 0) is 24.3 Å². The van der Waals surface area contributed by atoms with Crippen LogP contribution < -0.4 is 5.32 Å². The number of fused-ring (bicyclic) bond motifs is 1. The zero-order chi connectivity index (χ0) is 15.9. The number of benzene rings is 1. The van der Waals surface area contributed by atoms with Gasteiger partial charge in [-0.15, -0.1) is 0 Å². The van der Waals surface area contributed by atoms with Gasteiger partial charge in [-0.2, -0.15) is 18.2 Å². The molecule has 5 nitrogen and oxygen atoms in total. The van der Waals surface area contributed by atoms with Gasteiger partial charge in [0, 0.05) is 18.0 Å². The molecule has 1 N–H and O–H groups in total. The number of carbonyl (C=O) groups is 2. The molecule has 0 aliphatic carbocycles. The van der Waals surface area contributed by atoms with Gasteiger partial charge in [0.1, 0.15) is 0 Å². The molecule has 116 valence electrons. The highest BCUT2D eigenvalue weighted by Crippen LogP contribution is 2.30. The number of nitrogens with zero attached hydrogens (tertiary/aromatic N) is 2. The maximum Gasteiger partial charge on any atom is 0.416 e. The van der Waals surface area contributed by atoms with Gasteiger partial charge < -0.3 is 5.32 Å². The summed E-state index contributed by atoms with van der Waals surface area (Å²) in [4.78, 5) is 29.3. The van der Waals surface area contributed by atoms with Crippen LogP contribution in [0.1, 0.15) is 5.56 Å². The molecule has 1 atom stereocenters. The number of hydrogen-bond acceptors (Lipinski definition) is 4. The Hall–Kier alpha value is -2.03. The van der Waals surface area contributed by atoms with E-state index >= 15 is 0 Å². The Kier molecular flexibility index (Phi) is 3.59. The van der Waals surface area contributed by atoms with E-state index in [-0.39, 0.29) is 5.69 Å². The van der Waals surface area contributed by atoms with Crippen molar-refractivity contribution >= 4 is 34.4 Å². The average Bonchev–Trinajstić information content (AvgIpc) is 2.91. The van der Waals surface area contributed by atoms with Gasteiger partial charge in [-0.3, -0.25) is 14.5 Å². The molecule has 22 heavy (non-hydrogen) atoms. The Labute approximate surface area is 127 Å². The van der Waals surface area contributed by atoms with Gasteiger partial charge in [-0.25, -0.2) is 0 Å². The lowest BCUT2D eigenvalue weighted by Gasteiger charge is -2.26. The first kappa shape index (κ1) is 14.9. The molecule has 3 rings (SSSR count). The molecule has 1 saturated heterocycles. The Morgan fingerprint density at radius 1 is 1.23 bits per heavy atom. The molecule has 1 aromatic carbocycles. The smallest absolute Gasteiger partial charge is 0.366 e. The number of aliphatic imine (C=N–C) groups is 1. The normalized spacial score (nSPS) is 21.7. The minimum atomic E-state index is -4.43. The van der Waals surface area contributed by atoms with Crippen LogP contribution in [0.25, 0.3) is 0 Å². The predicted octanol–water partition coefficient (Wildman–Crippen LogP) is 1.96. The molecule has 1 aromatic rings. The van der Waals surface area contributed by atoms with Crippen LogP contribution in [0.15, 0.2) is 29.3 Å². The highest BCUT2D eigenvalue weighted by atomic mass is 32.2. The highest BCUT2D eigenvalue weighted by molar-refractivity contribution is 8.14. The molecule has 1 unspecified atom stereocenters. The minimum Gasteiger partial charge on any atom is -0.366 e. The molecule has 0 aromatic heterocycles. The van der Waals surface area contributed by atoms with Crippen molar-refractivity contribution in [3.05, 3.63) is 29.8 Å². The molecule has 0 saturated carbocycles. The second-order valence-corrected chi connectivity index (χ2v) is 5.79. The van der Waals surface area contributed by atoms with Gasteiger partial charge >= 0.3 is 6.18 Å². The number of amidine groups is 1. The first-order valence-electron chi connectivity index (χ1n) is 6.37. The number of thioether (sulfide) groups is 1. The largest absolute Gasteiger partial charge is 0.416 e. The molecule has 2 amide bonds. The molecular weight excluding hydrogens is 319 g/mol. The first-order valence-corrected chi connectivity index (χ1v) is 7.35. The van der Waals surface area contributed by atoms with E-state index in [2.05, 4.69) is 10.3 Å². The van der Waals surface area contributed by atoms with Crippen LogP contribution in [-0.2, 0) is 15.8 Å². The summed E-state index contributed by atoms with van der Waals surface area (Å²) in [5.41, 5.74) is -0.541. The summed E-state index contributed by atoms with van der Waals surface area (Å²) >= 11 is 1.33. The third-order valence-corrected chi connectivity index (χ3v) is 4.22. The number of hydrogen-bond donors (Lipinski definition) is 1. The van der Waals surface area contributed by atoms with Crippen molar-refractivity contribution in [3.63, 3.8) is 0 Å². The van der Waals surface area contributed by atoms with Crippen LogP contribution in [0, 0.1) is 0 Å². The summed E-state index contributed by atoms with van der Waals surface area (Å²) in [5, 5.41) is 3.04. The van der Waals surface area contributed by atoms with Crippen molar-refractivity contribution in [1.82, 2.24) is 4.90 Å². The fraction of sp³-hybridized carbons (Fsp3) is 0.308. The van der Waals surface area contributed by atoms with Gasteiger partial charge in [0.2, 0.25) is 0 Å². The number of anilines is 1. The lowest BCUT2D eigenvalue weighted by atomic mass is 10.1. The fourth-order valence-electron chi connectivity index (χ4n) is 2.16. The lowest BCUT2D eigenvalue weighted by Crippen LogP contribution is -2.51. The molecule has 2 heterocycles. The maximum absolute atomic E-state index is 12.5. The molecule has 0 radical (unpaired) electrons. The second kappa shape index (κ2) is 5.31. The molecule has 0 spiro atoms. The molecular formula is C13H10F3N3O2S. The molecule has 0 bridgehead atoms. The van der Waals surface area contributed by atoms with Crippen molar-refractivity contribution in [2.24, 2.45) is 4.99 Å². The lowest BCUT2D eigenvalue weighted by molar-refractivity contribution is -0.138. The van der Waals surface area contributed by atoms with Crippen LogP contribution in [0.5, 0.6) is 0 Å². The van der Waals surface area contributed by atoms with E-state index in [9.17, 15) is 22.8 Å². The zero-order valence-electron chi connectivity index (χ0n) is 11.1. The Morgan fingerprint density at radius 3 is 2.55 bits per heavy atom. The number of nitrogens with one attached hydrogen (secondary N) is 1. The molecule has 2 aliphatic rings. The van der Waals surface area contributed by atoms with Gasteiger partial charge in [0.25, 0.3) is 11.8 Å². The summed E-state index contributed by atoms with van der Waals surface area (Å²) in [5.74, 6) is -0.393. The van der Waals surface area contributed by atoms with Crippen LogP contribution in [-0.4, -0.2) is 40.2 Å². The minimum absolute atomic E-state index is 0.255. The van der Waals surface area contributed by atoms with E-state index in [1.165, 1.54) is 28.8 Å². The summed E-state index contributed by atoms with van der Waals surface area (Å²) in [6.45, 7) is 0.473. The van der Waals surface area contributed by atoms with Crippen molar-refractivity contribution in [3.8, 4) is 0 Å². The number of halogens is 3.